The highest BCUT2D eigenvalue weighted by Gasteiger charge is 2.21. The molecule has 0 unspecified atom stereocenters. The maximum absolute atomic E-state index is 12.3. The number of aromatic nitrogens is 1. The molecule has 7 heteroatoms. The van der Waals surface area contributed by atoms with Gasteiger partial charge >= 0.3 is 6.01 Å². The molecule has 1 heterocycles. The average Bonchev–Trinajstić information content (AvgIpc) is 2.60. The minimum absolute atomic E-state index is 0.0480. The number of nitrogens with one attached hydrogen (secondary N) is 1. The first-order chi connectivity index (χ1) is 8.79. The number of hydrogen-bond donors (Lipinski definition) is 2. The van der Waals surface area contributed by atoms with Crippen LogP contribution in [-0.2, 0) is 10.0 Å². The maximum atomic E-state index is 12.3. The Morgan fingerprint density at radius 1 is 1.21 bits per heavy atom. The molecule has 0 aliphatic carbocycles. The van der Waals surface area contributed by atoms with E-state index in [4.69, 9.17) is 10.2 Å². The third-order valence-electron chi connectivity index (χ3n) is 2.59. The summed E-state index contributed by atoms with van der Waals surface area (Å²) in [5.74, 6) is 0. The highest BCUT2D eigenvalue weighted by atomic mass is 32.2. The summed E-state index contributed by atoms with van der Waals surface area (Å²) in [5, 5.41) is 0. The minimum atomic E-state index is -3.74. The molecule has 0 amide bonds. The Balaban J connectivity index is 2.45. The number of nitrogens with two attached hydrogens (primary N) is 1. The molecular formula is C12H15N3O3S. The summed E-state index contributed by atoms with van der Waals surface area (Å²) in [4.78, 5) is 4.11. The number of oxazole rings is 1. The second-order valence-electron chi connectivity index (χ2n) is 4.38. The molecule has 0 atom stereocenters. The standard InChI is InChI=1S/C12H15N3O3S/c1-7-4-10(13)5-8(2)11(7)19(16,17)15-12-14-9(3)6-18-12/h4-6H,13H2,1-3H3,(H,14,15). The lowest BCUT2D eigenvalue weighted by molar-refractivity contribution is 0.569. The molecule has 0 aliphatic rings. The third-order valence-corrected chi connectivity index (χ3v) is 4.22. The van der Waals surface area contributed by atoms with Crippen LogP contribution in [0.25, 0.3) is 0 Å². The SMILES string of the molecule is Cc1coc(NS(=O)(=O)c2c(C)cc(N)cc2C)n1. The van der Waals surface area contributed by atoms with Gasteiger partial charge in [0.05, 0.1) is 10.6 Å². The van der Waals surface area contributed by atoms with E-state index in [2.05, 4.69) is 9.71 Å². The topological polar surface area (TPSA) is 98.2 Å². The Bertz CT molecular complexity index is 697. The van der Waals surface area contributed by atoms with E-state index in [9.17, 15) is 8.42 Å². The van der Waals surface area contributed by atoms with Gasteiger partial charge in [0.25, 0.3) is 10.0 Å². The summed E-state index contributed by atoms with van der Waals surface area (Å²) in [7, 11) is -3.74. The summed E-state index contributed by atoms with van der Waals surface area (Å²) in [5.41, 5.74) is 7.96. The monoisotopic (exact) mass is 281 g/mol. The Kier molecular flexibility index (Phi) is 3.23. The number of aryl methyl sites for hydroxylation is 3. The highest BCUT2D eigenvalue weighted by molar-refractivity contribution is 7.92. The summed E-state index contributed by atoms with van der Waals surface area (Å²) in [6, 6.07) is 3.18. The predicted octanol–water partition coefficient (Wildman–Crippen LogP) is 1.98. The average molecular weight is 281 g/mol. The van der Waals surface area contributed by atoms with Crippen molar-refractivity contribution in [2.75, 3.05) is 10.5 Å². The molecule has 3 N–H and O–H groups in total. The van der Waals surface area contributed by atoms with Crippen LogP contribution in [0.5, 0.6) is 0 Å². The number of hydrogen-bond acceptors (Lipinski definition) is 5. The van der Waals surface area contributed by atoms with E-state index < -0.39 is 10.0 Å². The molecule has 0 saturated carbocycles. The molecule has 19 heavy (non-hydrogen) atoms. The van der Waals surface area contributed by atoms with Gasteiger partial charge in [-0.25, -0.2) is 13.1 Å². The van der Waals surface area contributed by atoms with Crippen molar-refractivity contribution in [2.24, 2.45) is 0 Å². The Morgan fingerprint density at radius 3 is 2.26 bits per heavy atom. The van der Waals surface area contributed by atoms with Crippen LogP contribution in [0.1, 0.15) is 16.8 Å². The molecule has 0 aliphatic heterocycles. The second kappa shape index (κ2) is 4.58. The molecule has 0 spiro atoms. The van der Waals surface area contributed by atoms with Crippen LogP contribution < -0.4 is 10.5 Å². The molecule has 0 radical (unpaired) electrons. The maximum Gasteiger partial charge on any atom is 0.309 e. The van der Waals surface area contributed by atoms with E-state index in [1.54, 1.807) is 32.9 Å². The van der Waals surface area contributed by atoms with Crippen LogP contribution in [0.3, 0.4) is 0 Å². The third kappa shape index (κ3) is 2.70. The molecule has 1 aromatic heterocycles. The van der Waals surface area contributed by atoms with Crippen molar-refractivity contribution in [3.05, 3.63) is 35.2 Å². The van der Waals surface area contributed by atoms with E-state index in [1.165, 1.54) is 6.26 Å². The zero-order valence-corrected chi connectivity index (χ0v) is 11.7. The van der Waals surface area contributed by atoms with Crippen molar-refractivity contribution in [3.63, 3.8) is 0 Å². The number of nitrogens with zero attached hydrogens (tertiary/aromatic N) is 1. The lowest BCUT2D eigenvalue weighted by Gasteiger charge is -2.11. The van der Waals surface area contributed by atoms with Crippen LogP contribution in [0.2, 0.25) is 0 Å². The van der Waals surface area contributed by atoms with Gasteiger partial charge in [-0.2, -0.15) is 4.98 Å². The molecule has 0 bridgehead atoms. The quantitative estimate of drug-likeness (QED) is 0.838. The first kappa shape index (κ1) is 13.4. The van der Waals surface area contributed by atoms with E-state index in [-0.39, 0.29) is 10.9 Å². The van der Waals surface area contributed by atoms with Gasteiger partial charge in [0.2, 0.25) is 0 Å². The minimum Gasteiger partial charge on any atom is -0.431 e. The number of rotatable bonds is 3. The van der Waals surface area contributed by atoms with Crippen molar-refractivity contribution >= 4 is 21.7 Å². The van der Waals surface area contributed by atoms with Gasteiger partial charge in [0, 0.05) is 5.69 Å². The normalized spacial score (nSPS) is 11.5. The molecule has 102 valence electrons. The van der Waals surface area contributed by atoms with Gasteiger partial charge in [-0.15, -0.1) is 0 Å². The van der Waals surface area contributed by atoms with Crippen molar-refractivity contribution in [2.45, 2.75) is 25.7 Å². The van der Waals surface area contributed by atoms with Crippen molar-refractivity contribution in [3.8, 4) is 0 Å². The number of anilines is 2. The summed E-state index contributed by atoms with van der Waals surface area (Å²) in [6.45, 7) is 5.10. The van der Waals surface area contributed by atoms with E-state index in [1.807, 2.05) is 0 Å². The van der Waals surface area contributed by atoms with Gasteiger partial charge in [0.1, 0.15) is 6.26 Å². The summed E-state index contributed by atoms with van der Waals surface area (Å²) in [6.07, 6.45) is 1.38. The Labute approximate surface area is 111 Å². The fraction of sp³-hybridized carbons (Fsp3) is 0.250. The highest BCUT2D eigenvalue weighted by Crippen LogP contribution is 2.25. The van der Waals surface area contributed by atoms with Crippen LogP contribution in [0, 0.1) is 20.8 Å². The Morgan fingerprint density at radius 2 is 1.79 bits per heavy atom. The lowest BCUT2D eigenvalue weighted by Crippen LogP contribution is -2.16. The molecule has 0 saturated heterocycles. The van der Waals surface area contributed by atoms with Gasteiger partial charge in [-0.05, 0) is 44.0 Å². The van der Waals surface area contributed by atoms with E-state index in [0.717, 1.165) is 0 Å². The van der Waals surface area contributed by atoms with Crippen molar-refractivity contribution in [1.82, 2.24) is 4.98 Å². The van der Waals surface area contributed by atoms with Crippen molar-refractivity contribution < 1.29 is 12.8 Å². The van der Waals surface area contributed by atoms with Crippen LogP contribution in [0.15, 0.2) is 27.7 Å². The number of benzene rings is 1. The largest absolute Gasteiger partial charge is 0.431 e. The fourth-order valence-corrected chi connectivity index (χ4v) is 3.37. The van der Waals surface area contributed by atoms with Gasteiger partial charge in [-0.1, -0.05) is 0 Å². The summed E-state index contributed by atoms with van der Waals surface area (Å²) < 4.78 is 31.9. The van der Waals surface area contributed by atoms with Gasteiger partial charge in [-0.3, -0.25) is 0 Å². The van der Waals surface area contributed by atoms with Gasteiger partial charge in [0.15, 0.2) is 0 Å². The molecule has 2 rings (SSSR count). The first-order valence-electron chi connectivity index (χ1n) is 5.61. The summed E-state index contributed by atoms with van der Waals surface area (Å²) >= 11 is 0. The molecule has 0 fully saturated rings. The zero-order chi connectivity index (χ0) is 14.2. The van der Waals surface area contributed by atoms with Crippen LogP contribution in [0.4, 0.5) is 11.7 Å². The van der Waals surface area contributed by atoms with Gasteiger partial charge < -0.3 is 10.2 Å². The molecule has 2 aromatic rings. The molecule has 1 aromatic carbocycles. The smallest absolute Gasteiger partial charge is 0.309 e. The fourth-order valence-electron chi connectivity index (χ4n) is 1.97. The molecule has 6 nitrogen and oxygen atoms in total. The zero-order valence-electron chi connectivity index (χ0n) is 10.9. The second-order valence-corrected chi connectivity index (χ2v) is 6.00. The first-order valence-corrected chi connectivity index (χ1v) is 7.09. The number of sulfonamides is 1. The predicted molar refractivity (Wildman–Crippen MR) is 72.4 cm³/mol. The van der Waals surface area contributed by atoms with E-state index >= 15 is 0 Å². The molecular weight excluding hydrogens is 266 g/mol. The van der Waals surface area contributed by atoms with Crippen LogP contribution in [-0.4, -0.2) is 13.4 Å². The van der Waals surface area contributed by atoms with E-state index in [0.29, 0.717) is 22.5 Å². The number of nitrogen functional groups attached to an aromatic ring is 1. The van der Waals surface area contributed by atoms with Crippen LogP contribution >= 0.6 is 0 Å². The van der Waals surface area contributed by atoms with Crippen molar-refractivity contribution in [1.29, 1.82) is 0 Å². The Hall–Kier alpha value is -2.02. The lowest BCUT2D eigenvalue weighted by atomic mass is 10.1.